The lowest BCUT2D eigenvalue weighted by molar-refractivity contribution is -0.125. The molecule has 1 aromatic rings. The molecule has 3 rings (SSSR count). The van der Waals surface area contributed by atoms with Gasteiger partial charge in [0, 0.05) is 15.4 Å². The van der Waals surface area contributed by atoms with Crippen molar-refractivity contribution in [2.75, 3.05) is 0 Å². The highest BCUT2D eigenvalue weighted by atomic mass is 127. The number of ketones is 2. The number of carbonyl (C=O) groups is 2. The molecular formula is C18H19IO2. The summed E-state index contributed by atoms with van der Waals surface area (Å²) in [6.45, 7) is 8.10. The van der Waals surface area contributed by atoms with Gasteiger partial charge in [-0.25, -0.2) is 0 Å². The third-order valence-electron chi connectivity index (χ3n) is 4.83. The molecular weight excluding hydrogens is 375 g/mol. The first kappa shape index (κ1) is 14.9. The molecule has 2 aliphatic rings. The van der Waals surface area contributed by atoms with Crippen LogP contribution in [0.3, 0.4) is 0 Å². The van der Waals surface area contributed by atoms with E-state index in [2.05, 4.69) is 55.2 Å². The molecule has 2 aliphatic carbocycles. The minimum Gasteiger partial charge on any atom is -0.298 e. The highest BCUT2D eigenvalue weighted by Gasteiger charge is 2.53. The Morgan fingerprint density at radius 3 is 2.29 bits per heavy atom. The number of rotatable bonds is 2. The quantitative estimate of drug-likeness (QED) is 0.432. The van der Waals surface area contributed by atoms with Gasteiger partial charge in [-0.1, -0.05) is 25.1 Å². The number of allylic oxidation sites excluding steroid dienone is 1. The fourth-order valence-electron chi connectivity index (χ4n) is 3.88. The lowest BCUT2D eigenvalue weighted by Gasteiger charge is -2.17. The number of aryl methyl sites for hydroxylation is 2. The summed E-state index contributed by atoms with van der Waals surface area (Å²) in [4.78, 5) is 25.6. The van der Waals surface area contributed by atoms with Gasteiger partial charge in [-0.15, -0.1) is 0 Å². The van der Waals surface area contributed by atoms with Crippen molar-refractivity contribution in [1.82, 2.24) is 0 Å². The first-order valence-corrected chi connectivity index (χ1v) is 8.55. The average molecular weight is 394 g/mol. The zero-order valence-electron chi connectivity index (χ0n) is 12.4. The molecule has 0 radical (unpaired) electrons. The van der Waals surface area contributed by atoms with Gasteiger partial charge in [-0.2, -0.15) is 0 Å². The Hall–Kier alpha value is -0.970. The van der Waals surface area contributed by atoms with Crippen molar-refractivity contribution in [3.8, 4) is 0 Å². The predicted octanol–water partition coefficient (Wildman–Crippen LogP) is 3.98. The largest absolute Gasteiger partial charge is 0.298 e. The molecule has 0 aromatic heterocycles. The van der Waals surface area contributed by atoms with Gasteiger partial charge < -0.3 is 0 Å². The Kier molecular flexibility index (Phi) is 3.80. The van der Waals surface area contributed by atoms with Gasteiger partial charge in [0.1, 0.15) is 5.92 Å². The Bertz CT molecular complexity index is 633. The molecule has 2 atom stereocenters. The molecule has 0 saturated heterocycles. The fraction of sp³-hybridized carbons (Fsp3) is 0.444. The number of hydrogen-bond acceptors (Lipinski definition) is 2. The topological polar surface area (TPSA) is 34.1 Å². The molecule has 3 heteroatoms. The van der Waals surface area contributed by atoms with E-state index in [1.54, 1.807) is 0 Å². The van der Waals surface area contributed by atoms with Crippen LogP contribution < -0.4 is 0 Å². The minimum absolute atomic E-state index is 0.114. The molecule has 2 nitrogen and oxygen atoms in total. The van der Waals surface area contributed by atoms with Crippen molar-refractivity contribution in [2.45, 2.75) is 39.0 Å². The Labute approximate surface area is 139 Å². The van der Waals surface area contributed by atoms with E-state index in [4.69, 9.17) is 0 Å². The summed E-state index contributed by atoms with van der Waals surface area (Å²) in [5.41, 5.74) is 4.36. The van der Waals surface area contributed by atoms with Crippen molar-refractivity contribution in [1.29, 1.82) is 0 Å². The number of hydrogen-bond donors (Lipinski definition) is 0. The van der Waals surface area contributed by atoms with E-state index in [9.17, 15) is 9.59 Å². The van der Waals surface area contributed by atoms with E-state index in [1.165, 1.54) is 5.56 Å². The van der Waals surface area contributed by atoms with Gasteiger partial charge in [-0.3, -0.25) is 9.59 Å². The van der Waals surface area contributed by atoms with Crippen molar-refractivity contribution in [3.63, 3.8) is 0 Å². The highest BCUT2D eigenvalue weighted by molar-refractivity contribution is 14.1. The van der Waals surface area contributed by atoms with Crippen LogP contribution in [-0.2, 0) is 16.0 Å². The predicted molar refractivity (Wildman–Crippen MR) is 91.4 cm³/mol. The summed E-state index contributed by atoms with van der Waals surface area (Å²) in [5, 5.41) is 0. The third-order valence-corrected chi connectivity index (χ3v) is 5.72. The average Bonchev–Trinajstić information content (AvgIpc) is 2.90. The van der Waals surface area contributed by atoms with Crippen LogP contribution in [0.1, 0.15) is 42.4 Å². The maximum atomic E-state index is 12.8. The van der Waals surface area contributed by atoms with Gasteiger partial charge in [0.05, 0.1) is 0 Å². The maximum Gasteiger partial charge on any atom is 0.151 e. The van der Waals surface area contributed by atoms with E-state index >= 15 is 0 Å². The molecule has 1 aromatic carbocycles. The standard InChI is InChI=1S/C18H19IO2/c1-4-11-5-9(2)8-14(19)15(11)16-17(20)12-6-10(3)7-13(12)18(16)21/h5,8,12-13,16H,3-4,6-7H2,1-2H3. The Balaban J connectivity index is 2.08. The molecule has 21 heavy (non-hydrogen) atoms. The highest BCUT2D eigenvalue weighted by Crippen LogP contribution is 2.48. The zero-order chi connectivity index (χ0) is 15.3. The first-order chi connectivity index (χ1) is 9.93. The molecule has 0 N–H and O–H groups in total. The van der Waals surface area contributed by atoms with Crippen LogP contribution in [0, 0.1) is 22.3 Å². The van der Waals surface area contributed by atoms with E-state index < -0.39 is 5.92 Å². The summed E-state index contributed by atoms with van der Waals surface area (Å²) in [7, 11) is 0. The molecule has 0 bridgehead atoms. The van der Waals surface area contributed by atoms with Crippen LogP contribution in [0.25, 0.3) is 0 Å². The number of benzene rings is 1. The molecule has 0 spiro atoms. The molecule has 2 fully saturated rings. The van der Waals surface area contributed by atoms with E-state index in [1.807, 2.05) is 0 Å². The van der Waals surface area contributed by atoms with Crippen molar-refractivity contribution in [2.24, 2.45) is 11.8 Å². The van der Waals surface area contributed by atoms with Crippen molar-refractivity contribution < 1.29 is 9.59 Å². The van der Waals surface area contributed by atoms with Crippen LogP contribution >= 0.6 is 22.6 Å². The van der Waals surface area contributed by atoms with Gasteiger partial charge in [0.25, 0.3) is 0 Å². The van der Waals surface area contributed by atoms with E-state index in [-0.39, 0.29) is 23.4 Å². The van der Waals surface area contributed by atoms with E-state index in [0.29, 0.717) is 12.8 Å². The SMILES string of the molecule is C=C1CC2C(=O)C(c3c(I)cc(C)cc3CC)C(=O)C2C1. The lowest BCUT2D eigenvalue weighted by atomic mass is 9.87. The van der Waals surface area contributed by atoms with Crippen LogP contribution in [0.15, 0.2) is 24.3 Å². The Morgan fingerprint density at radius 1 is 1.19 bits per heavy atom. The number of carbonyl (C=O) groups excluding carboxylic acids is 2. The lowest BCUT2D eigenvalue weighted by Crippen LogP contribution is -2.19. The van der Waals surface area contributed by atoms with Crippen molar-refractivity contribution in [3.05, 3.63) is 44.5 Å². The van der Waals surface area contributed by atoms with Crippen molar-refractivity contribution >= 4 is 34.2 Å². The zero-order valence-corrected chi connectivity index (χ0v) is 14.6. The molecule has 0 amide bonds. The minimum atomic E-state index is -0.532. The monoisotopic (exact) mass is 394 g/mol. The van der Waals surface area contributed by atoms with Crippen LogP contribution in [0.4, 0.5) is 0 Å². The number of Topliss-reactive ketones (excluding diaryl/α,β-unsaturated/α-hetero) is 2. The molecule has 2 unspecified atom stereocenters. The summed E-state index contributed by atoms with van der Waals surface area (Å²) in [5.74, 6) is -0.510. The summed E-state index contributed by atoms with van der Waals surface area (Å²) >= 11 is 2.27. The molecule has 0 aliphatic heterocycles. The second-order valence-corrected chi connectivity index (χ2v) is 7.44. The van der Waals surface area contributed by atoms with Crippen LogP contribution in [-0.4, -0.2) is 11.6 Å². The number of fused-ring (bicyclic) bond motifs is 1. The fourth-order valence-corrected chi connectivity index (χ4v) is 5.03. The second-order valence-electron chi connectivity index (χ2n) is 6.28. The first-order valence-electron chi connectivity index (χ1n) is 7.47. The van der Waals surface area contributed by atoms with Gasteiger partial charge >= 0.3 is 0 Å². The third kappa shape index (κ3) is 2.30. The Morgan fingerprint density at radius 2 is 1.76 bits per heavy atom. The summed E-state index contributed by atoms with van der Waals surface area (Å²) in [6.07, 6.45) is 2.26. The van der Waals surface area contributed by atoms with Gasteiger partial charge in [0.15, 0.2) is 11.6 Å². The second kappa shape index (κ2) is 5.34. The van der Waals surface area contributed by atoms with Crippen LogP contribution in [0.2, 0.25) is 0 Å². The van der Waals surface area contributed by atoms with E-state index in [0.717, 1.165) is 26.7 Å². The van der Waals surface area contributed by atoms with Gasteiger partial charge in [-0.05, 0) is 71.5 Å². The number of halogens is 1. The molecule has 0 heterocycles. The van der Waals surface area contributed by atoms with Gasteiger partial charge in [0.2, 0.25) is 0 Å². The summed E-state index contributed by atoms with van der Waals surface area (Å²) in [6, 6.07) is 4.19. The normalized spacial score (nSPS) is 28.3. The maximum absolute atomic E-state index is 12.8. The molecule has 110 valence electrons. The summed E-state index contributed by atoms with van der Waals surface area (Å²) < 4.78 is 1.05. The molecule has 2 saturated carbocycles. The van der Waals surface area contributed by atoms with Crippen LogP contribution in [0.5, 0.6) is 0 Å². The smallest absolute Gasteiger partial charge is 0.151 e.